The molecule has 0 radical (unpaired) electrons. The molecule has 0 saturated carbocycles. The molecule has 1 rings (SSSR count). The van der Waals surface area contributed by atoms with E-state index < -0.39 is 22.7 Å². The highest BCUT2D eigenvalue weighted by atomic mass is 127. The normalized spacial score (nSPS) is 11.3. The van der Waals surface area contributed by atoms with E-state index in [9.17, 15) is 23.3 Å². The maximum Gasteiger partial charge on any atom is 0.573 e. The number of rotatable bonds is 2. The molecule has 0 fully saturated rings. The fraction of sp³-hybridized carbons (Fsp3) is 0.286. The molecular weight excluding hydrogens is 344 g/mol. The highest BCUT2D eigenvalue weighted by Crippen LogP contribution is 2.35. The van der Waals surface area contributed by atoms with Gasteiger partial charge < -0.3 is 4.74 Å². The Kier molecular flexibility index (Phi) is 3.55. The van der Waals surface area contributed by atoms with Gasteiger partial charge in [0, 0.05) is 11.8 Å². The van der Waals surface area contributed by atoms with Gasteiger partial charge >= 0.3 is 12.0 Å². The van der Waals surface area contributed by atoms with Crippen LogP contribution < -0.4 is 4.74 Å². The van der Waals surface area contributed by atoms with E-state index in [2.05, 4.69) is 9.72 Å². The van der Waals surface area contributed by atoms with E-state index >= 15 is 0 Å². The molecule has 0 aromatic carbocycles. The zero-order valence-corrected chi connectivity index (χ0v) is 9.87. The lowest BCUT2D eigenvalue weighted by atomic mass is 10.3. The molecule has 1 aromatic heterocycles. The highest BCUT2D eigenvalue weighted by molar-refractivity contribution is 14.1. The van der Waals surface area contributed by atoms with Gasteiger partial charge in [-0.15, -0.1) is 13.2 Å². The summed E-state index contributed by atoms with van der Waals surface area (Å²) in [5, 5.41) is 10.6. The summed E-state index contributed by atoms with van der Waals surface area (Å²) in [6, 6.07) is 0.869. The van der Waals surface area contributed by atoms with Gasteiger partial charge in [0.05, 0.1) is 4.92 Å². The number of hydrogen-bond acceptors (Lipinski definition) is 4. The van der Waals surface area contributed by atoms with Crippen molar-refractivity contribution in [2.75, 3.05) is 0 Å². The molecule has 16 heavy (non-hydrogen) atoms. The van der Waals surface area contributed by atoms with Crippen LogP contribution in [0.15, 0.2) is 6.07 Å². The van der Waals surface area contributed by atoms with Crippen molar-refractivity contribution >= 4 is 28.3 Å². The van der Waals surface area contributed by atoms with Gasteiger partial charge in [-0.25, -0.2) is 4.98 Å². The van der Waals surface area contributed by atoms with Crippen LogP contribution in [-0.2, 0) is 0 Å². The molecule has 1 heterocycles. The van der Waals surface area contributed by atoms with Gasteiger partial charge in [0.2, 0.25) is 5.75 Å². The molecule has 0 unspecified atom stereocenters. The first-order chi connectivity index (χ1) is 7.20. The molecule has 0 aliphatic carbocycles. The zero-order chi connectivity index (χ0) is 12.5. The summed E-state index contributed by atoms with van der Waals surface area (Å²) in [7, 11) is 0. The summed E-state index contributed by atoms with van der Waals surface area (Å²) < 4.78 is 39.4. The quantitative estimate of drug-likeness (QED) is 0.357. The van der Waals surface area contributed by atoms with Crippen LogP contribution in [0.1, 0.15) is 5.69 Å². The Morgan fingerprint density at radius 2 is 2.12 bits per heavy atom. The first kappa shape index (κ1) is 12.9. The minimum Gasteiger partial charge on any atom is -0.398 e. The lowest BCUT2D eigenvalue weighted by molar-refractivity contribution is -0.390. The molecule has 0 atom stereocenters. The molecular formula is C7H4F3IN2O3. The number of ether oxygens (including phenoxy) is 1. The van der Waals surface area contributed by atoms with Crippen LogP contribution in [0.3, 0.4) is 0 Å². The van der Waals surface area contributed by atoms with Crippen molar-refractivity contribution in [2.45, 2.75) is 13.3 Å². The van der Waals surface area contributed by atoms with Crippen molar-refractivity contribution in [3.63, 3.8) is 0 Å². The van der Waals surface area contributed by atoms with E-state index in [1.165, 1.54) is 29.5 Å². The van der Waals surface area contributed by atoms with Crippen LogP contribution in [0, 0.1) is 20.7 Å². The fourth-order valence-electron chi connectivity index (χ4n) is 0.968. The van der Waals surface area contributed by atoms with Crippen LogP contribution in [0.2, 0.25) is 0 Å². The van der Waals surface area contributed by atoms with Gasteiger partial charge in [-0.2, -0.15) is 0 Å². The SMILES string of the molecule is Cc1cc(OC(F)(F)F)c([N+](=O)[O-])c(I)n1. The fourth-order valence-corrected chi connectivity index (χ4v) is 1.81. The average molecular weight is 348 g/mol. The van der Waals surface area contributed by atoms with Gasteiger partial charge in [0.1, 0.15) is 0 Å². The third kappa shape index (κ3) is 3.18. The third-order valence-corrected chi connectivity index (χ3v) is 2.20. The van der Waals surface area contributed by atoms with Crippen LogP contribution in [0.25, 0.3) is 0 Å². The standard InChI is InChI=1S/C7H4F3IN2O3/c1-3-2-4(16-7(8,9)10)5(13(14)15)6(11)12-3/h2H,1H3. The Morgan fingerprint density at radius 3 is 2.56 bits per heavy atom. The number of hydrogen-bond donors (Lipinski definition) is 0. The molecule has 0 aliphatic rings. The molecule has 0 spiro atoms. The molecule has 0 amide bonds. The van der Waals surface area contributed by atoms with E-state index in [0.29, 0.717) is 0 Å². The maximum absolute atomic E-state index is 12.0. The third-order valence-electron chi connectivity index (χ3n) is 1.45. The molecule has 0 N–H and O–H groups in total. The lowest BCUT2D eigenvalue weighted by Crippen LogP contribution is -2.18. The molecule has 0 aliphatic heterocycles. The molecule has 0 saturated heterocycles. The topological polar surface area (TPSA) is 65.3 Å². The number of aromatic nitrogens is 1. The number of pyridine rings is 1. The Hall–Kier alpha value is -1.13. The second kappa shape index (κ2) is 4.39. The van der Waals surface area contributed by atoms with E-state index in [4.69, 9.17) is 0 Å². The van der Waals surface area contributed by atoms with Crippen LogP contribution >= 0.6 is 22.6 Å². The highest BCUT2D eigenvalue weighted by Gasteiger charge is 2.35. The second-order valence-electron chi connectivity index (χ2n) is 2.71. The van der Waals surface area contributed by atoms with Gasteiger partial charge in [0.25, 0.3) is 0 Å². The van der Waals surface area contributed by atoms with E-state index in [1.807, 2.05) is 0 Å². The van der Waals surface area contributed by atoms with Crippen molar-refractivity contribution < 1.29 is 22.8 Å². The number of halogens is 4. The summed E-state index contributed by atoms with van der Waals surface area (Å²) >= 11 is 1.48. The predicted molar refractivity (Wildman–Crippen MR) is 55.0 cm³/mol. The Morgan fingerprint density at radius 1 is 1.56 bits per heavy atom. The smallest absolute Gasteiger partial charge is 0.398 e. The van der Waals surface area contributed by atoms with Crippen LogP contribution in [0.4, 0.5) is 18.9 Å². The Labute approximate surface area is 101 Å². The van der Waals surface area contributed by atoms with E-state index in [0.717, 1.165) is 6.07 Å². The minimum absolute atomic E-state index is 0.151. The summed E-state index contributed by atoms with van der Waals surface area (Å²) in [5.41, 5.74) is -0.585. The van der Waals surface area contributed by atoms with Gasteiger partial charge in [-0.3, -0.25) is 10.1 Å². The first-order valence-electron chi connectivity index (χ1n) is 3.78. The molecule has 88 valence electrons. The molecule has 1 aromatic rings. The molecule has 0 bridgehead atoms. The lowest BCUT2D eigenvalue weighted by Gasteiger charge is -2.09. The number of alkyl halides is 3. The Balaban J connectivity index is 3.30. The number of nitro groups is 1. The number of aryl methyl sites for hydroxylation is 1. The van der Waals surface area contributed by atoms with Crippen molar-refractivity contribution in [2.24, 2.45) is 0 Å². The van der Waals surface area contributed by atoms with Crippen molar-refractivity contribution in [3.05, 3.63) is 25.6 Å². The second-order valence-corrected chi connectivity index (χ2v) is 3.73. The molecule has 5 nitrogen and oxygen atoms in total. The first-order valence-corrected chi connectivity index (χ1v) is 4.86. The predicted octanol–water partition coefficient (Wildman–Crippen LogP) is 2.80. The van der Waals surface area contributed by atoms with E-state index in [1.54, 1.807) is 0 Å². The minimum atomic E-state index is -4.97. The van der Waals surface area contributed by atoms with E-state index in [-0.39, 0.29) is 9.39 Å². The summed E-state index contributed by atoms with van der Waals surface area (Å²) in [6.07, 6.45) is -4.97. The molecule has 9 heteroatoms. The van der Waals surface area contributed by atoms with Gasteiger partial charge in [0.15, 0.2) is 3.70 Å². The monoisotopic (exact) mass is 348 g/mol. The summed E-state index contributed by atoms with van der Waals surface area (Å²) in [4.78, 5) is 13.3. The van der Waals surface area contributed by atoms with Crippen molar-refractivity contribution in [1.82, 2.24) is 4.98 Å². The van der Waals surface area contributed by atoms with Gasteiger partial charge in [-0.1, -0.05) is 0 Å². The summed E-state index contributed by atoms with van der Waals surface area (Å²) in [6.45, 7) is 1.41. The van der Waals surface area contributed by atoms with Crippen LogP contribution in [0.5, 0.6) is 5.75 Å². The van der Waals surface area contributed by atoms with Crippen molar-refractivity contribution in [1.29, 1.82) is 0 Å². The van der Waals surface area contributed by atoms with Crippen molar-refractivity contribution in [3.8, 4) is 5.75 Å². The zero-order valence-electron chi connectivity index (χ0n) is 7.71. The van der Waals surface area contributed by atoms with Gasteiger partial charge in [-0.05, 0) is 29.5 Å². The van der Waals surface area contributed by atoms with Crippen LogP contribution in [-0.4, -0.2) is 16.3 Å². The largest absolute Gasteiger partial charge is 0.573 e. The summed E-state index contributed by atoms with van der Waals surface area (Å²) in [5.74, 6) is -0.852. The Bertz CT molecular complexity index is 436. The number of nitrogens with zero attached hydrogens (tertiary/aromatic N) is 2. The average Bonchev–Trinajstić information content (AvgIpc) is 1.96. The maximum atomic E-state index is 12.0.